The van der Waals surface area contributed by atoms with Crippen molar-refractivity contribution in [1.29, 1.82) is 0 Å². The van der Waals surface area contributed by atoms with E-state index in [9.17, 15) is 4.79 Å². The maximum atomic E-state index is 11.3. The van der Waals surface area contributed by atoms with Crippen LogP contribution >= 0.6 is 0 Å². The summed E-state index contributed by atoms with van der Waals surface area (Å²) >= 11 is 0. The number of imidazole rings is 1. The zero-order valence-corrected chi connectivity index (χ0v) is 11.3. The highest BCUT2D eigenvalue weighted by molar-refractivity contribution is 5.87. The van der Waals surface area contributed by atoms with Gasteiger partial charge < -0.3 is 16.2 Å². The van der Waals surface area contributed by atoms with Gasteiger partial charge >= 0.3 is 0 Å². The summed E-state index contributed by atoms with van der Waals surface area (Å²) < 4.78 is 7.30. The summed E-state index contributed by atoms with van der Waals surface area (Å²) in [6.07, 6.45) is 0.0329. The molecule has 1 unspecified atom stereocenters. The highest BCUT2D eigenvalue weighted by atomic mass is 16.5. The first kappa shape index (κ1) is 13.2. The van der Waals surface area contributed by atoms with Gasteiger partial charge in [0.1, 0.15) is 17.3 Å². The minimum Gasteiger partial charge on any atom is -0.489 e. The summed E-state index contributed by atoms with van der Waals surface area (Å²) in [5.41, 5.74) is 12.6. The van der Waals surface area contributed by atoms with Gasteiger partial charge in [0.25, 0.3) is 0 Å². The SMILES string of the molecule is CC(C)Oc1cccc2c1nc(N)n2C(C)C(N)=O. The van der Waals surface area contributed by atoms with Gasteiger partial charge in [-0.25, -0.2) is 4.98 Å². The quantitative estimate of drug-likeness (QED) is 0.871. The molecular weight excluding hydrogens is 244 g/mol. The van der Waals surface area contributed by atoms with Gasteiger partial charge in [0.15, 0.2) is 0 Å². The van der Waals surface area contributed by atoms with Crippen LogP contribution in [0.2, 0.25) is 0 Å². The number of anilines is 1. The van der Waals surface area contributed by atoms with Crippen LogP contribution in [0.3, 0.4) is 0 Å². The van der Waals surface area contributed by atoms with Gasteiger partial charge in [-0.2, -0.15) is 0 Å². The number of benzene rings is 1. The number of nitrogens with two attached hydrogens (primary N) is 2. The van der Waals surface area contributed by atoms with Gasteiger partial charge in [0.05, 0.1) is 11.6 Å². The Hall–Kier alpha value is -2.24. The van der Waals surface area contributed by atoms with Gasteiger partial charge in [-0.05, 0) is 32.9 Å². The van der Waals surface area contributed by atoms with E-state index in [1.807, 2.05) is 32.0 Å². The lowest BCUT2D eigenvalue weighted by molar-refractivity contribution is -0.120. The first-order chi connectivity index (χ1) is 8.91. The Labute approximate surface area is 111 Å². The number of aromatic nitrogens is 2. The van der Waals surface area contributed by atoms with Crippen molar-refractivity contribution in [1.82, 2.24) is 9.55 Å². The molecule has 0 saturated heterocycles. The van der Waals surface area contributed by atoms with Crippen LogP contribution in [-0.2, 0) is 4.79 Å². The van der Waals surface area contributed by atoms with Crippen LogP contribution in [-0.4, -0.2) is 21.6 Å². The van der Waals surface area contributed by atoms with E-state index in [1.54, 1.807) is 11.5 Å². The van der Waals surface area contributed by atoms with Crippen molar-refractivity contribution in [2.24, 2.45) is 5.73 Å². The minimum atomic E-state index is -0.556. The third-order valence-corrected chi connectivity index (χ3v) is 2.87. The van der Waals surface area contributed by atoms with E-state index in [0.29, 0.717) is 11.3 Å². The molecule has 2 rings (SSSR count). The van der Waals surface area contributed by atoms with E-state index in [-0.39, 0.29) is 12.1 Å². The number of carbonyl (C=O) groups is 1. The molecule has 0 fully saturated rings. The van der Waals surface area contributed by atoms with E-state index in [1.165, 1.54) is 0 Å². The van der Waals surface area contributed by atoms with E-state index in [2.05, 4.69) is 4.98 Å². The van der Waals surface area contributed by atoms with Gasteiger partial charge in [0.2, 0.25) is 11.9 Å². The fraction of sp³-hybridized carbons (Fsp3) is 0.385. The number of primary amides is 1. The standard InChI is InChI=1S/C13H18N4O2/c1-7(2)19-10-6-4-5-9-11(10)16-13(15)17(9)8(3)12(14)18/h4-8H,1-3H3,(H2,14,18)(H2,15,16). The molecule has 102 valence electrons. The molecule has 1 heterocycles. The predicted octanol–water partition coefficient (Wildman–Crippen LogP) is 1.45. The molecule has 0 aliphatic carbocycles. The average molecular weight is 262 g/mol. The number of amides is 1. The Morgan fingerprint density at radius 2 is 2.05 bits per heavy atom. The van der Waals surface area contributed by atoms with E-state index < -0.39 is 11.9 Å². The molecule has 0 radical (unpaired) electrons. The summed E-state index contributed by atoms with van der Waals surface area (Å²) in [4.78, 5) is 15.6. The largest absolute Gasteiger partial charge is 0.489 e. The fourth-order valence-corrected chi connectivity index (χ4v) is 1.99. The predicted molar refractivity (Wildman–Crippen MR) is 73.8 cm³/mol. The van der Waals surface area contributed by atoms with Crippen molar-refractivity contribution in [3.05, 3.63) is 18.2 Å². The van der Waals surface area contributed by atoms with Crippen LogP contribution in [0.5, 0.6) is 5.75 Å². The number of para-hydroxylation sites is 1. The number of hydrogen-bond donors (Lipinski definition) is 2. The number of nitrogen functional groups attached to an aromatic ring is 1. The number of fused-ring (bicyclic) bond motifs is 1. The van der Waals surface area contributed by atoms with Crippen LogP contribution in [0, 0.1) is 0 Å². The summed E-state index contributed by atoms with van der Waals surface area (Å²) in [5, 5.41) is 0. The molecule has 0 aliphatic heterocycles. The fourth-order valence-electron chi connectivity index (χ4n) is 1.99. The topological polar surface area (TPSA) is 96.2 Å². The van der Waals surface area contributed by atoms with Crippen LogP contribution in [0.1, 0.15) is 26.8 Å². The Bertz CT molecular complexity index is 618. The molecule has 0 spiro atoms. The second kappa shape index (κ2) is 4.79. The third-order valence-electron chi connectivity index (χ3n) is 2.87. The summed E-state index contributed by atoms with van der Waals surface area (Å²) in [6, 6.07) is 4.95. The Morgan fingerprint density at radius 3 is 2.63 bits per heavy atom. The molecule has 6 nitrogen and oxygen atoms in total. The Balaban J connectivity index is 2.62. The minimum absolute atomic E-state index is 0.0329. The molecule has 1 aromatic heterocycles. The lowest BCUT2D eigenvalue weighted by Crippen LogP contribution is -2.24. The summed E-state index contributed by atoms with van der Waals surface area (Å²) in [7, 11) is 0. The molecule has 1 amide bonds. The molecular formula is C13H18N4O2. The van der Waals surface area contributed by atoms with Crippen molar-refractivity contribution in [2.75, 3.05) is 5.73 Å². The maximum Gasteiger partial charge on any atom is 0.240 e. The summed E-state index contributed by atoms with van der Waals surface area (Å²) in [6.45, 7) is 5.56. The zero-order chi connectivity index (χ0) is 14.2. The molecule has 0 saturated carbocycles. The number of hydrogen-bond acceptors (Lipinski definition) is 4. The highest BCUT2D eigenvalue weighted by Gasteiger charge is 2.20. The number of nitrogens with zero attached hydrogens (tertiary/aromatic N) is 2. The van der Waals surface area contributed by atoms with E-state index >= 15 is 0 Å². The van der Waals surface area contributed by atoms with Crippen LogP contribution in [0.4, 0.5) is 5.95 Å². The molecule has 1 aromatic carbocycles. The van der Waals surface area contributed by atoms with Gasteiger partial charge in [-0.3, -0.25) is 9.36 Å². The molecule has 2 aromatic rings. The van der Waals surface area contributed by atoms with Crippen molar-refractivity contribution in [2.45, 2.75) is 32.9 Å². The lowest BCUT2D eigenvalue weighted by atomic mass is 10.2. The Kier molecular flexibility index (Phi) is 3.33. The van der Waals surface area contributed by atoms with Gasteiger partial charge in [-0.1, -0.05) is 6.07 Å². The van der Waals surface area contributed by atoms with Crippen molar-refractivity contribution in [3.8, 4) is 5.75 Å². The van der Waals surface area contributed by atoms with E-state index in [0.717, 1.165) is 5.52 Å². The van der Waals surface area contributed by atoms with Crippen molar-refractivity contribution >= 4 is 22.9 Å². The van der Waals surface area contributed by atoms with Crippen LogP contribution in [0.25, 0.3) is 11.0 Å². The average Bonchev–Trinajstić information content (AvgIpc) is 2.65. The number of rotatable bonds is 4. The second-order valence-electron chi connectivity index (χ2n) is 4.71. The Morgan fingerprint density at radius 1 is 1.37 bits per heavy atom. The molecule has 19 heavy (non-hydrogen) atoms. The third kappa shape index (κ3) is 2.33. The van der Waals surface area contributed by atoms with Gasteiger partial charge in [-0.15, -0.1) is 0 Å². The molecule has 6 heteroatoms. The summed E-state index contributed by atoms with van der Waals surface area (Å²) in [5.74, 6) is 0.442. The van der Waals surface area contributed by atoms with Crippen LogP contribution in [0.15, 0.2) is 18.2 Å². The second-order valence-corrected chi connectivity index (χ2v) is 4.71. The van der Waals surface area contributed by atoms with E-state index in [4.69, 9.17) is 16.2 Å². The molecule has 1 atom stereocenters. The number of ether oxygens (including phenoxy) is 1. The maximum absolute atomic E-state index is 11.3. The van der Waals surface area contributed by atoms with Crippen molar-refractivity contribution < 1.29 is 9.53 Å². The highest BCUT2D eigenvalue weighted by Crippen LogP contribution is 2.30. The zero-order valence-electron chi connectivity index (χ0n) is 11.3. The normalized spacial score (nSPS) is 12.8. The molecule has 4 N–H and O–H groups in total. The first-order valence-corrected chi connectivity index (χ1v) is 6.14. The smallest absolute Gasteiger partial charge is 0.240 e. The van der Waals surface area contributed by atoms with Gasteiger partial charge in [0, 0.05) is 0 Å². The number of carbonyl (C=O) groups excluding carboxylic acids is 1. The van der Waals surface area contributed by atoms with Crippen molar-refractivity contribution in [3.63, 3.8) is 0 Å². The molecule has 0 bridgehead atoms. The monoisotopic (exact) mass is 262 g/mol. The first-order valence-electron chi connectivity index (χ1n) is 6.14. The lowest BCUT2D eigenvalue weighted by Gasteiger charge is -2.13. The van der Waals surface area contributed by atoms with Crippen LogP contribution < -0.4 is 16.2 Å². The molecule has 0 aliphatic rings.